The highest BCUT2D eigenvalue weighted by molar-refractivity contribution is 9.08. The summed E-state index contributed by atoms with van der Waals surface area (Å²) in [6.45, 7) is 0.0901. The molecule has 0 saturated heterocycles. The van der Waals surface area contributed by atoms with Crippen molar-refractivity contribution < 1.29 is 8.78 Å². The van der Waals surface area contributed by atoms with Crippen LogP contribution in [0.4, 0.5) is 8.78 Å². The number of alkyl halides is 1. The Morgan fingerprint density at radius 3 is 1.77 bits per heavy atom. The summed E-state index contributed by atoms with van der Waals surface area (Å²) in [5, 5.41) is 18.4. The van der Waals surface area contributed by atoms with Crippen LogP contribution >= 0.6 is 15.9 Å². The molecule has 110 valence electrons. The van der Waals surface area contributed by atoms with Gasteiger partial charge >= 0.3 is 0 Å². The van der Waals surface area contributed by atoms with E-state index in [1.54, 1.807) is 12.1 Å². The minimum absolute atomic E-state index is 0.0576. The van der Waals surface area contributed by atoms with Gasteiger partial charge < -0.3 is 5.73 Å². The van der Waals surface area contributed by atoms with E-state index < -0.39 is 11.6 Å². The maximum atomic E-state index is 14.4. The average Bonchev–Trinajstić information content (AvgIpc) is 2.55. The molecule has 0 spiro atoms. The first-order chi connectivity index (χ1) is 10.5. The van der Waals surface area contributed by atoms with E-state index in [1.165, 1.54) is 24.3 Å². The lowest BCUT2D eigenvalue weighted by Gasteiger charge is -2.11. The standard InChI is InChI=1S/C16H10BrF2N3/c17-5-9-1-11(7-21)15(18)13(3-9)14-4-10(6-20)2-12(8-22)16(14)19/h1-4H,5-6,20H2. The van der Waals surface area contributed by atoms with Crippen molar-refractivity contribution >= 4 is 15.9 Å². The molecule has 6 heteroatoms. The Morgan fingerprint density at radius 1 is 0.909 bits per heavy atom. The summed E-state index contributed by atoms with van der Waals surface area (Å²) in [6.07, 6.45) is 0. The van der Waals surface area contributed by atoms with E-state index in [0.29, 0.717) is 16.5 Å². The second-order valence-electron chi connectivity index (χ2n) is 4.57. The quantitative estimate of drug-likeness (QED) is 0.846. The highest BCUT2D eigenvalue weighted by Gasteiger charge is 2.18. The molecule has 2 aromatic carbocycles. The molecule has 0 amide bonds. The third-order valence-corrected chi connectivity index (χ3v) is 3.83. The van der Waals surface area contributed by atoms with Crippen LogP contribution in [0, 0.1) is 34.3 Å². The van der Waals surface area contributed by atoms with Gasteiger partial charge in [0.25, 0.3) is 0 Å². The van der Waals surface area contributed by atoms with Crippen molar-refractivity contribution in [3.8, 4) is 23.3 Å². The SMILES string of the molecule is N#Cc1cc(CN)cc(-c2cc(CBr)cc(C#N)c2F)c1F. The maximum Gasteiger partial charge on any atom is 0.148 e. The smallest absolute Gasteiger partial charge is 0.148 e. The number of rotatable bonds is 3. The van der Waals surface area contributed by atoms with Crippen molar-refractivity contribution in [2.45, 2.75) is 11.9 Å². The summed E-state index contributed by atoms with van der Waals surface area (Å²) in [5.74, 6) is -1.64. The van der Waals surface area contributed by atoms with Crippen LogP contribution in [0.2, 0.25) is 0 Å². The van der Waals surface area contributed by atoms with Crippen LogP contribution in [0.15, 0.2) is 24.3 Å². The fourth-order valence-electron chi connectivity index (χ4n) is 2.12. The molecule has 0 aliphatic carbocycles. The zero-order valence-electron chi connectivity index (χ0n) is 11.3. The third-order valence-electron chi connectivity index (χ3n) is 3.19. The van der Waals surface area contributed by atoms with Gasteiger partial charge in [-0.1, -0.05) is 15.9 Å². The highest BCUT2D eigenvalue weighted by atomic mass is 79.9. The Kier molecular flexibility index (Phi) is 4.87. The van der Waals surface area contributed by atoms with Crippen LogP contribution in [-0.2, 0) is 11.9 Å². The van der Waals surface area contributed by atoms with Crippen LogP contribution in [0.25, 0.3) is 11.1 Å². The maximum absolute atomic E-state index is 14.4. The van der Waals surface area contributed by atoms with E-state index in [-0.39, 0.29) is 28.8 Å². The molecule has 0 heterocycles. The van der Waals surface area contributed by atoms with Crippen molar-refractivity contribution in [2.75, 3.05) is 0 Å². The first kappa shape index (κ1) is 16.1. The fraction of sp³-hybridized carbons (Fsp3) is 0.125. The number of halogens is 3. The van der Waals surface area contributed by atoms with Gasteiger partial charge in [0.05, 0.1) is 11.1 Å². The molecule has 0 unspecified atom stereocenters. The molecule has 2 aromatic rings. The highest BCUT2D eigenvalue weighted by Crippen LogP contribution is 2.31. The third kappa shape index (κ3) is 2.85. The molecule has 2 rings (SSSR count). The summed E-state index contributed by atoms with van der Waals surface area (Å²) < 4.78 is 28.8. The minimum atomic E-state index is -0.825. The second kappa shape index (κ2) is 6.65. The molecule has 0 saturated carbocycles. The van der Waals surface area contributed by atoms with Crippen LogP contribution in [0.3, 0.4) is 0 Å². The zero-order valence-corrected chi connectivity index (χ0v) is 12.9. The largest absolute Gasteiger partial charge is 0.326 e. The number of benzene rings is 2. The Labute approximate surface area is 134 Å². The topological polar surface area (TPSA) is 73.6 Å². The Bertz CT molecular complexity index is 750. The summed E-state index contributed by atoms with van der Waals surface area (Å²) in [5.41, 5.74) is 6.16. The summed E-state index contributed by atoms with van der Waals surface area (Å²) in [6, 6.07) is 9.05. The van der Waals surface area contributed by atoms with E-state index in [4.69, 9.17) is 16.3 Å². The molecular weight excluding hydrogens is 352 g/mol. The fourth-order valence-corrected chi connectivity index (χ4v) is 2.44. The number of nitriles is 2. The van der Waals surface area contributed by atoms with Crippen LogP contribution in [0.1, 0.15) is 22.3 Å². The molecule has 0 bridgehead atoms. The Morgan fingerprint density at radius 2 is 1.36 bits per heavy atom. The van der Waals surface area contributed by atoms with Crippen LogP contribution in [-0.4, -0.2) is 0 Å². The normalized spacial score (nSPS) is 10.1. The zero-order chi connectivity index (χ0) is 16.3. The van der Waals surface area contributed by atoms with Crippen molar-refractivity contribution in [1.82, 2.24) is 0 Å². The van der Waals surface area contributed by atoms with Gasteiger partial charge in [0.15, 0.2) is 0 Å². The molecular formula is C16H10BrF2N3. The molecule has 0 radical (unpaired) electrons. The number of nitrogens with two attached hydrogens (primary N) is 1. The van der Waals surface area contributed by atoms with E-state index in [0.717, 1.165) is 0 Å². The lowest BCUT2D eigenvalue weighted by molar-refractivity contribution is 0.611. The van der Waals surface area contributed by atoms with Crippen LogP contribution in [0.5, 0.6) is 0 Å². The molecule has 2 N–H and O–H groups in total. The molecule has 0 fully saturated rings. The van der Waals surface area contributed by atoms with E-state index in [9.17, 15) is 8.78 Å². The number of nitrogens with zero attached hydrogens (tertiary/aromatic N) is 2. The minimum Gasteiger partial charge on any atom is -0.326 e. The van der Waals surface area contributed by atoms with Gasteiger partial charge in [-0.2, -0.15) is 10.5 Å². The van der Waals surface area contributed by atoms with E-state index in [2.05, 4.69) is 15.9 Å². The van der Waals surface area contributed by atoms with Crippen molar-refractivity contribution in [3.63, 3.8) is 0 Å². The van der Waals surface area contributed by atoms with Gasteiger partial charge in [0, 0.05) is 23.0 Å². The molecule has 0 aliphatic rings. The van der Waals surface area contributed by atoms with Crippen molar-refractivity contribution in [3.05, 3.63) is 58.2 Å². The van der Waals surface area contributed by atoms with Gasteiger partial charge in [0.1, 0.15) is 23.8 Å². The number of hydrogen-bond donors (Lipinski definition) is 1. The first-order valence-corrected chi connectivity index (χ1v) is 7.39. The molecule has 0 atom stereocenters. The molecule has 3 nitrogen and oxygen atoms in total. The monoisotopic (exact) mass is 361 g/mol. The predicted octanol–water partition coefficient (Wildman–Crippen LogP) is 3.73. The van der Waals surface area contributed by atoms with E-state index in [1.807, 2.05) is 0 Å². The van der Waals surface area contributed by atoms with Gasteiger partial charge in [-0.05, 0) is 35.4 Å². The Balaban J connectivity index is 2.82. The van der Waals surface area contributed by atoms with Gasteiger partial charge in [-0.15, -0.1) is 0 Å². The van der Waals surface area contributed by atoms with E-state index >= 15 is 0 Å². The van der Waals surface area contributed by atoms with Gasteiger partial charge in [-0.25, -0.2) is 8.78 Å². The van der Waals surface area contributed by atoms with Crippen LogP contribution < -0.4 is 5.73 Å². The summed E-state index contributed by atoms with van der Waals surface area (Å²) in [4.78, 5) is 0. The summed E-state index contributed by atoms with van der Waals surface area (Å²) >= 11 is 3.23. The predicted molar refractivity (Wildman–Crippen MR) is 81.7 cm³/mol. The van der Waals surface area contributed by atoms with Crippen molar-refractivity contribution in [2.24, 2.45) is 5.73 Å². The molecule has 0 aliphatic heterocycles. The van der Waals surface area contributed by atoms with Gasteiger partial charge in [-0.3, -0.25) is 0 Å². The molecule has 22 heavy (non-hydrogen) atoms. The summed E-state index contributed by atoms with van der Waals surface area (Å²) in [7, 11) is 0. The number of hydrogen-bond acceptors (Lipinski definition) is 3. The molecule has 0 aromatic heterocycles. The lowest BCUT2D eigenvalue weighted by Crippen LogP contribution is -2.02. The Hall–Kier alpha value is -2.28. The second-order valence-corrected chi connectivity index (χ2v) is 5.13. The van der Waals surface area contributed by atoms with Gasteiger partial charge in [0.2, 0.25) is 0 Å². The lowest BCUT2D eigenvalue weighted by atomic mass is 9.95. The average molecular weight is 362 g/mol. The van der Waals surface area contributed by atoms with Crippen molar-refractivity contribution in [1.29, 1.82) is 10.5 Å². The first-order valence-electron chi connectivity index (χ1n) is 6.27.